The number of nitrogens with one attached hydrogen (secondary N) is 1. The monoisotopic (exact) mass is 291 g/mol. The van der Waals surface area contributed by atoms with Gasteiger partial charge in [0.2, 0.25) is 0 Å². The number of thiophene rings is 1. The first-order valence-corrected chi connectivity index (χ1v) is 7.15. The minimum absolute atomic E-state index is 0.155. The zero-order valence-electron chi connectivity index (χ0n) is 11.5. The van der Waals surface area contributed by atoms with Gasteiger partial charge in [-0.2, -0.15) is 0 Å². The molecular weight excluding hydrogens is 274 g/mol. The van der Waals surface area contributed by atoms with Crippen LogP contribution in [0.4, 0.5) is 0 Å². The van der Waals surface area contributed by atoms with Crippen molar-refractivity contribution in [2.45, 2.75) is 6.42 Å². The number of rotatable bonds is 6. The lowest BCUT2D eigenvalue weighted by atomic mass is 10.1. The van der Waals surface area contributed by atoms with Crippen LogP contribution in [0.3, 0.4) is 0 Å². The Morgan fingerprint density at radius 1 is 1.25 bits per heavy atom. The molecule has 106 valence electrons. The zero-order chi connectivity index (χ0) is 14.4. The third-order valence-electron chi connectivity index (χ3n) is 2.89. The Balaban J connectivity index is 2.00. The molecule has 0 bridgehead atoms. The summed E-state index contributed by atoms with van der Waals surface area (Å²) in [4.78, 5) is 13.4. The van der Waals surface area contributed by atoms with Crippen LogP contribution >= 0.6 is 11.3 Å². The molecule has 1 heterocycles. The lowest BCUT2D eigenvalue weighted by molar-refractivity contribution is 0.0951. The van der Waals surface area contributed by atoms with E-state index in [-0.39, 0.29) is 5.91 Å². The fourth-order valence-corrected chi connectivity index (χ4v) is 2.55. The molecule has 0 aliphatic rings. The molecule has 0 spiro atoms. The van der Waals surface area contributed by atoms with Crippen LogP contribution in [-0.2, 0) is 6.42 Å². The van der Waals surface area contributed by atoms with E-state index in [1.54, 1.807) is 43.8 Å². The van der Waals surface area contributed by atoms with E-state index >= 15 is 0 Å². The van der Waals surface area contributed by atoms with Gasteiger partial charge in [-0.3, -0.25) is 4.79 Å². The van der Waals surface area contributed by atoms with Crippen molar-refractivity contribution >= 4 is 17.2 Å². The summed E-state index contributed by atoms with van der Waals surface area (Å²) in [5.41, 5.74) is 0.484. The molecule has 0 fully saturated rings. The molecule has 4 nitrogen and oxygen atoms in total. The topological polar surface area (TPSA) is 47.6 Å². The second-order valence-electron chi connectivity index (χ2n) is 4.15. The van der Waals surface area contributed by atoms with Crippen LogP contribution in [0.2, 0.25) is 0 Å². The molecule has 1 N–H and O–H groups in total. The largest absolute Gasteiger partial charge is 0.497 e. The molecule has 20 heavy (non-hydrogen) atoms. The minimum atomic E-state index is -0.155. The van der Waals surface area contributed by atoms with Crippen molar-refractivity contribution < 1.29 is 14.3 Å². The van der Waals surface area contributed by atoms with Crippen molar-refractivity contribution in [2.75, 3.05) is 20.8 Å². The van der Waals surface area contributed by atoms with E-state index < -0.39 is 0 Å². The first-order valence-electron chi connectivity index (χ1n) is 6.27. The summed E-state index contributed by atoms with van der Waals surface area (Å²) < 4.78 is 10.3. The highest BCUT2D eigenvalue weighted by Crippen LogP contribution is 2.23. The van der Waals surface area contributed by atoms with Crippen molar-refractivity contribution in [3.8, 4) is 11.5 Å². The second-order valence-corrected chi connectivity index (χ2v) is 5.18. The van der Waals surface area contributed by atoms with Gasteiger partial charge in [-0.1, -0.05) is 6.07 Å². The van der Waals surface area contributed by atoms with Crippen molar-refractivity contribution in [3.05, 3.63) is 46.2 Å². The van der Waals surface area contributed by atoms with Crippen LogP contribution in [0.1, 0.15) is 15.2 Å². The third kappa shape index (κ3) is 3.51. The van der Waals surface area contributed by atoms with Gasteiger partial charge < -0.3 is 14.8 Å². The van der Waals surface area contributed by atoms with Crippen LogP contribution in [0.5, 0.6) is 11.5 Å². The van der Waals surface area contributed by atoms with Gasteiger partial charge in [-0.05, 0) is 36.1 Å². The molecule has 0 saturated heterocycles. The van der Waals surface area contributed by atoms with E-state index in [1.807, 2.05) is 11.4 Å². The summed E-state index contributed by atoms with van der Waals surface area (Å²) in [6, 6.07) is 9.24. The molecule has 0 aliphatic carbocycles. The van der Waals surface area contributed by atoms with Gasteiger partial charge in [0.1, 0.15) is 11.5 Å². The minimum Gasteiger partial charge on any atom is -0.497 e. The Labute approximate surface area is 122 Å². The van der Waals surface area contributed by atoms with E-state index in [0.29, 0.717) is 23.6 Å². The summed E-state index contributed by atoms with van der Waals surface area (Å²) in [5.74, 6) is 1.02. The van der Waals surface area contributed by atoms with Gasteiger partial charge in [0, 0.05) is 11.4 Å². The number of amides is 1. The van der Waals surface area contributed by atoms with Crippen molar-refractivity contribution in [1.82, 2.24) is 5.32 Å². The lowest BCUT2D eigenvalue weighted by Crippen LogP contribution is -2.26. The molecule has 0 aliphatic heterocycles. The fraction of sp³-hybridized carbons (Fsp3) is 0.267. The van der Waals surface area contributed by atoms with E-state index in [1.165, 1.54) is 4.88 Å². The summed E-state index contributed by atoms with van der Waals surface area (Å²) in [5, 5.41) is 4.93. The Bertz CT molecular complexity index is 567. The molecule has 0 radical (unpaired) electrons. The van der Waals surface area contributed by atoms with Crippen LogP contribution in [0.25, 0.3) is 0 Å². The van der Waals surface area contributed by atoms with Gasteiger partial charge in [0.15, 0.2) is 0 Å². The van der Waals surface area contributed by atoms with E-state index in [2.05, 4.69) is 11.4 Å². The van der Waals surface area contributed by atoms with E-state index in [0.717, 1.165) is 6.42 Å². The van der Waals surface area contributed by atoms with Crippen LogP contribution in [-0.4, -0.2) is 26.7 Å². The molecule has 2 aromatic rings. The predicted octanol–water partition coefficient (Wildman–Crippen LogP) is 2.74. The highest BCUT2D eigenvalue weighted by molar-refractivity contribution is 7.09. The van der Waals surface area contributed by atoms with Gasteiger partial charge in [-0.15, -0.1) is 11.3 Å². The first kappa shape index (κ1) is 14.4. The lowest BCUT2D eigenvalue weighted by Gasteiger charge is -2.10. The SMILES string of the molecule is COc1ccc(OC)c(C(=O)NCCc2cccs2)c1. The first-order chi connectivity index (χ1) is 9.74. The number of benzene rings is 1. The Morgan fingerprint density at radius 2 is 2.10 bits per heavy atom. The molecule has 0 atom stereocenters. The number of hydrogen-bond donors (Lipinski definition) is 1. The van der Waals surface area contributed by atoms with Gasteiger partial charge in [-0.25, -0.2) is 0 Å². The van der Waals surface area contributed by atoms with Gasteiger partial charge >= 0.3 is 0 Å². The zero-order valence-corrected chi connectivity index (χ0v) is 12.3. The average molecular weight is 291 g/mol. The summed E-state index contributed by atoms with van der Waals surface area (Å²) in [7, 11) is 3.12. The average Bonchev–Trinajstić information content (AvgIpc) is 2.99. The molecule has 1 amide bonds. The molecule has 5 heteroatoms. The number of methoxy groups -OCH3 is 2. The highest BCUT2D eigenvalue weighted by Gasteiger charge is 2.13. The normalized spacial score (nSPS) is 10.1. The Kier molecular flexibility index (Phi) is 5.01. The van der Waals surface area contributed by atoms with Crippen molar-refractivity contribution in [1.29, 1.82) is 0 Å². The molecular formula is C15H17NO3S. The molecule has 1 aromatic carbocycles. The number of carbonyl (C=O) groups is 1. The second kappa shape index (κ2) is 6.96. The van der Waals surface area contributed by atoms with Gasteiger partial charge in [0.25, 0.3) is 5.91 Å². The standard InChI is InChI=1S/C15H17NO3S/c1-18-11-5-6-14(19-2)13(10-11)15(17)16-8-7-12-4-3-9-20-12/h3-6,9-10H,7-8H2,1-2H3,(H,16,17). The predicted molar refractivity (Wildman–Crippen MR) is 79.9 cm³/mol. The van der Waals surface area contributed by atoms with Crippen molar-refractivity contribution in [3.63, 3.8) is 0 Å². The van der Waals surface area contributed by atoms with E-state index in [9.17, 15) is 4.79 Å². The maximum Gasteiger partial charge on any atom is 0.255 e. The van der Waals surface area contributed by atoms with Crippen LogP contribution < -0.4 is 14.8 Å². The molecule has 0 saturated carbocycles. The van der Waals surface area contributed by atoms with Crippen LogP contribution in [0.15, 0.2) is 35.7 Å². The summed E-state index contributed by atoms with van der Waals surface area (Å²) >= 11 is 1.69. The van der Waals surface area contributed by atoms with Gasteiger partial charge in [0.05, 0.1) is 19.8 Å². The summed E-state index contributed by atoms with van der Waals surface area (Å²) in [6.07, 6.45) is 0.829. The smallest absolute Gasteiger partial charge is 0.255 e. The highest BCUT2D eigenvalue weighted by atomic mass is 32.1. The Hall–Kier alpha value is -2.01. The molecule has 1 aromatic heterocycles. The van der Waals surface area contributed by atoms with E-state index in [4.69, 9.17) is 9.47 Å². The number of ether oxygens (including phenoxy) is 2. The van der Waals surface area contributed by atoms with Crippen LogP contribution in [0, 0.1) is 0 Å². The number of carbonyl (C=O) groups excluding carboxylic acids is 1. The maximum absolute atomic E-state index is 12.2. The molecule has 2 rings (SSSR count). The third-order valence-corrected chi connectivity index (χ3v) is 3.82. The maximum atomic E-state index is 12.2. The fourth-order valence-electron chi connectivity index (χ4n) is 1.84. The summed E-state index contributed by atoms with van der Waals surface area (Å²) in [6.45, 7) is 0.597. The quantitative estimate of drug-likeness (QED) is 0.890. The van der Waals surface area contributed by atoms with Crippen molar-refractivity contribution in [2.24, 2.45) is 0 Å². The Morgan fingerprint density at radius 3 is 2.75 bits per heavy atom. The molecule has 0 unspecified atom stereocenters. The number of hydrogen-bond acceptors (Lipinski definition) is 4.